The fourth-order valence-electron chi connectivity index (χ4n) is 3.15. The van der Waals surface area contributed by atoms with Crippen molar-refractivity contribution < 1.29 is 23.1 Å². The van der Waals surface area contributed by atoms with Crippen molar-refractivity contribution in [2.24, 2.45) is 5.92 Å². The molecule has 0 aliphatic carbocycles. The molecule has 176 valence electrons. The highest BCUT2D eigenvalue weighted by atomic mass is 32.2. The minimum absolute atomic E-state index is 0.179. The molecule has 0 bridgehead atoms. The van der Waals surface area contributed by atoms with Crippen molar-refractivity contribution in [2.75, 3.05) is 5.75 Å². The van der Waals surface area contributed by atoms with Crippen LogP contribution in [0.3, 0.4) is 0 Å². The van der Waals surface area contributed by atoms with E-state index in [0.29, 0.717) is 12.1 Å². The summed E-state index contributed by atoms with van der Waals surface area (Å²) in [5.41, 5.74) is 2.49. The number of carboxylic acids is 1. The molecule has 1 atom stereocenters. The fourth-order valence-corrected chi connectivity index (χ4v) is 4.05. The Morgan fingerprint density at radius 3 is 2.35 bits per heavy atom. The van der Waals surface area contributed by atoms with E-state index in [0.717, 1.165) is 11.1 Å². The summed E-state index contributed by atoms with van der Waals surface area (Å²) in [5.74, 6) is -4.52. The molecule has 1 heterocycles. The Bertz CT molecular complexity index is 1270. The number of rotatable bonds is 11. The molecule has 9 heteroatoms. The summed E-state index contributed by atoms with van der Waals surface area (Å²) in [4.78, 5) is 24.1. The minimum atomic E-state index is -4.04. The number of amides is 1. The standard InChI is InChI=1S/C25H25N3O5S/c29-24(27-34(32,33)15-9-3-8-12-20-10-4-1-5-11-20)23(25(30)31)16-22-17-26-28(19-22)18-21-13-6-2-7-14-21/h1-14,17,19,23H,15-16,18H2,(H,27,29)(H,30,31)/b9-3+,12-8?. The maximum Gasteiger partial charge on any atom is 0.316 e. The first-order valence-electron chi connectivity index (χ1n) is 10.5. The molecule has 0 spiro atoms. The van der Waals surface area contributed by atoms with Gasteiger partial charge in [0.2, 0.25) is 15.9 Å². The van der Waals surface area contributed by atoms with Gasteiger partial charge in [0.05, 0.1) is 18.5 Å². The number of nitrogens with one attached hydrogen (secondary N) is 1. The van der Waals surface area contributed by atoms with Crippen LogP contribution in [-0.4, -0.2) is 40.9 Å². The Balaban J connectivity index is 1.56. The smallest absolute Gasteiger partial charge is 0.316 e. The van der Waals surface area contributed by atoms with Crippen molar-refractivity contribution in [3.63, 3.8) is 0 Å². The zero-order chi connectivity index (χ0) is 24.4. The largest absolute Gasteiger partial charge is 0.481 e. The van der Waals surface area contributed by atoms with Gasteiger partial charge in [0.25, 0.3) is 0 Å². The monoisotopic (exact) mass is 479 g/mol. The van der Waals surface area contributed by atoms with Gasteiger partial charge in [-0.3, -0.25) is 19.0 Å². The summed E-state index contributed by atoms with van der Waals surface area (Å²) in [6.07, 6.45) is 9.35. The zero-order valence-electron chi connectivity index (χ0n) is 18.3. The summed E-state index contributed by atoms with van der Waals surface area (Å²) in [6.45, 7) is 0.490. The lowest BCUT2D eigenvalue weighted by molar-refractivity contribution is -0.146. The van der Waals surface area contributed by atoms with Gasteiger partial charge in [0, 0.05) is 6.20 Å². The number of hydrogen-bond donors (Lipinski definition) is 2. The number of aliphatic carboxylic acids is 1. The number of carboxylic acid groups (broad SMARTS) is 1. The Morgan fingerprint density at radius 1 is 1.00 bits per heavy atom. The van der Waals surface area contributed by atoms with Gasteiger partial charge in [-0.25, -0.2) is 8.42 Å². The number of aromatic nitrogens is 2. The summed E-state index contributed by atoms with van der Waals surface area (Å²) in [6, 6.07) is 19.0. The molecule has 1 amide bonds. The van der Waals surface area contributed by atoms with Gasteiger partial charge >= 0.3 is 5.97 Å². The highest BCUT2D eigenvalue weighted by molar-refractivity contribution is 7.90. The van der Waals surface area contributed by atoms with Gasteiger partial charge in [-0.05, 0) is 23.1 Å². The first kappa shape index (κ1) is 24.7. The van der Waals surface area contributed by atoms with Crippen molar-refractivity contribution in [3.8, 4) is 0 Å². The predicted molar refractivity (Wildman–Crippen MR) is 129 cm³/mol. The van der Waals surface area contributed by atoms with E-state index in [9.17, 15) is 23.1 Å². The maximum absolute atomic E-state index is 12.4. The number of carbonyl (C=O) groups excluding carboxylic acids is 1. The van der Waals surface area contributed by atoms with Crippen molar-refractivity contribution >= 4 is 28.0 Å². The zero-order valence-corrected chi connectivity index (χ0v) is 19.1. The highest BCUT2D eigenvalue weighted by Gasteiger charge is 2.29. The molecule has 0 aliphatic heterocycles. The van der Waals surface area contributed by atoms with Gasteiger partial charge < -0.3 is 5.11 Å². The number of nitrogens with zero attached hydrogens (tertiary/aromatic N) is 2. The van der Waals surface area contributed by atoms with E-state index in [4.69, 9.17) is 0 Å². The Labute approximate surface area is 198 Å². The van der Waals surface area contributed by atoms with E-state index in [1.807, 2.05) is 65.4 Å². The molecule has 8 nitrogen and oxygen atoms in total. The molecule has 3 rings (SSSR count). The molecular formula is C25H25N3O5S. The molecule has 1 aromatic heterocycles. The number of allylic oxidation sites excluding steroid dienone is 2. The van der Waals surface area contributed by atoms with Crippen LogP contribution in [0.25, 0.3) is 6.08 Å². The second-order valence-electron chi connectivity index (χ2n) is 7.57. The first-order valence-corrected chi connectivity index (χ1v) is 12.2. The SMILES string of the molecule is O=C(O)C(Cc1cnn(Cc2ccccc2)c1)C(=O)NS(=O)(=O)C/C=C/C=Cc1ccccc1. The van der Waals surface area contributed by atoms with E-state index in [1.165, 1.54) is 12.3 Å². The molecule has 2 aromatic carbocycles. The molecular weight excluding hydrogens is 454 g/mol. The number of sulfonamides is 1. The van der Waals surface area contributed by atoms with Crippen LogP contribution < -0.4 is 4.72 Å². The van der Waals surface area contributed by atoms with Crippen LogP contribution in [0.2, 0.25) is 0 Å². The van der Waals surface area contributed by atoms with Gasteiger partial charge in [-0.1, -0.05) is 85.0 Å². The average Bonchev–Trinajstić information content (AvgIpc) is 3.25. The van der Waals surface area contributed by atoms with Crippen LogP contribution in [0.4, 0.5) is 0 Å². The van der Waals surface area contributed by atoms with Crippen molar-refractivity contribution in [1.29, 1.82) is 0 Å². The summed E-state index contributed by atoms with van der Waals surface area (Å²) >= 11 is 0. The maximum atomic E-state index is 12.4. The molecule has 1 unspecified atom stereocenters. The predicted octanol–water partition coefficient (Wildman–Crippen LogP) is 2.89. The van der Waals surface area contributed by atoms with Crippen molar-refractivity contribution in [3.05, 3.63) is 108 Å². The quantitative estimate of drug-likeness (QED) is 0.323. The van der Waals surface area contributed by atoms with Crippen LogP contribution in [0, 0.1) is 5.92 Å². The van der Waals surface area contributed by atoms with Crippen LogP contribution in [0.15, 0.2) is 91.3 Å². The molecule has 0 saturated heterocycles. The molecule has 2 N–H and O–H groups in total. The molecule has 0 aliphatic rings. The second kappa shape index (κ2) is 11.8. The van der Waals surface area contributed by atoms with Crippen LogP contribution in [0.1, 0.15) is 16.7 Å². The van der Waals surface area contributed by atoms with Crippen LogP contribution in [0.5, 0.6) is 0 Å². The fraction of sp³-hybridized carbons (Fsp3) is 0.160. The van der Waals surface area contributed by atoms with Crippen molar-refractivity contribution in [2.45, 2.75) is 13.0 Å². The lowest BCUT2D eigenvalue weighted by Crippen LogP contribution is -2.40. The van der Waals surface area contributed by atoms with E-state index in [-0.39, 0.29) is 6.42 Å². The van der Waals surface area contributed by atoms with Gasteiger partial charge in [0.15, 0.2) is 0 Å². The Hall–Kier alpha value is -3.98. The van der Waals surface area contributed by atoms with E-state index < -0.39 is 33.6 Å². The van der Waals surface area contributed by atoms with Gasteiger partial charge in [-0.15, -0.1) is 0 Å². The lowest BCUT2D eigenvalue weighted by Gasteiger charge is -2.11. The van der Waals surface area contributed by atoms with E-state index in [1.54, 1.807) is 29.1 Å². The Kier molecular flexibility index (Phi) is 8.53. The number of hydrogen-bond acceptors (Lipinski definition) is 5. The third-order valence-electron chi connectivity index (χ3n) is 4.84. The van der Waals surface area contributed by atoms with Crippen LogP contribution in [-0.2, 0) is 32.6 Å². The summed E-state index contributed by atoms with van der Waals surface area (Å²) < 4.78 is 28.0. The number of benzene rings is 2. The van der Waals surface area contributed by atoms with Gasteiger partial charge in [0.1, 0.15) is 5.92 Å². The molecule has 34 heavy (non-hydrogen) atoms. The topological polar surface area (TPSA) is 118 Å². The second-order valence-corrected chi connectivity index (χ2v) is 9.34. The van der Waals surface area contributed by atoms with Gasteiger partial charge in [-0.2, -0.15) is 5.10 Å². The molecule has 0 saturated carbocycles. The molecule has 3 aromatic rings. The van der Waals surface area contributed by atoms with E-state index >= 15 is 0 Å². The first-order chi connectivity index (χ1) is 16.3. The molecule has 0 radical (unpaired) electrons. The number of carbonyl (C=O) groups is 2. The Morgan fingerprint density at radius 2 is 1.68 bits per heavy atom. The van der Waals surface area contributed by atoms with Crippen molar-refractivity contribution in [1.82, 2.24) is 14.5 Å². The normalized spacial score (nSPS) is 12.7. The summed E-state index contributed by atoms with van der Waals surface area (Å²) in [7, 11) is -4.04. The highest BCUT2D eigenvalue weighted by Crippen LogP contribution is 2.11. The minimum Gasteiger partial charge on any atom is -0.481 e. The summed E-state index contributed by atoms with van der Waals surface area (Å²) in [5, 5.41) is 13.7. The molecule has 0 fully saturated rings. The average molecular weight is 480 g/mol. The van der Waals surface area contributed by atoms with E-state index in [2.05, 4.69) is 5.10 Å². The lowest BCUT2D eigenvalue weighted by atomic mass is 10.0. The third-order valence-corrected chi connectivity index (χ3v) is 5.98. The van der Waals surface area contributed by atoms with Crippen LogP contribution >= 0.6 is 0 Å². The third kappa shape index (κ3) is 7.86.